The molecule has 2 rings (SSSR count). The molecule has 2 aromatic rings. The van der Waals surface area contributed by atoms with Crippen molar-refractivity contribution in [1.29, 1.82) is 0 Å². The summed E-state index contributed by atoms with van der Waals surface area (Å²) in [7, 11) is 0. The zero-order valence-electron chi connectivity index (χ0n) is 10.8. The van der Waals surface area contributed by atoms with E-state index in [2.05, 4.69) is 5.16 Å². The molecule has 0 amide bonds. The first-order valence-electron chi connectivity index (χ1n) is 6.22. The maximum absolute atomic E-state index is 11.5. The van der Waals surface area contributed by atoms with Crippen LogP contribution in [0.3, 0.4) is 0 Å². The molecule has 0 saturated carbocycles. The smallest absolute Gasteiger partial charge is 0.341 e. The van der Waals surface area contributed by atoms with Gasteiger partial charge in [0.1, 0.15) is 11.3 Å². The Morgan fingerprint density at radius 1 is 1.35 bits per heavy atom. The van der Waals surface area contributed by atoms with Gasteiger partial charge in [-0.25, -0.2) is 4.79 Å². The molecule has 1 aromatic heterocycles. The fraction of sp³-hybridized carbons (Fsp3) is 0.286. The molecule has 1 aromatic carbocycles. The Labute approximate surface area is 126 Å². The lowest BCUT2D eigenvalue weighted by Gasteiger charge is -2.04. The number of aryl methyl sites for hydroxylation is 1. The molecule has 6 heteroatoms. The van der Waals surface area contributed by atoms with Crippen LogP contribution in [0.15, 0.2) is 22.7 Å². The van der Waals surface area contributed by atoms with Crippen LogP contribution in [0.1, 0.15) is 35.9 Å². The third kappa shape index (κ3) is 2.81. The van der Waals surface area contributed by atoms with Crippen molar-refractivity contribution in [2.24, 2.45) is 0 Å². The molecule has 0 aliphatic rings. The number of carbonyl (C=O) groups is 1. The highest BCUT2D eigenvalue weighted by molar-refractivity contribution is 6.39. The fourth-order valence-corrected chi connectivity index (χ4v) is 2.52. The van der Waals surface area contributed by atoms with Crippen LogP contribution in [0, 0.1) is 0 Å². The topological polar surface area (TPSA) is 63.3 Å². The molecule has 1 heterocycles. The van der Waals surface area contributed by atoms with Crippen molar-refractivity contribution in [1.82, 2.24) is 5.16 Å². The van der Waals surface area contributed by atoms with Crippen LogP contribution in [-0.4, -0.2) is 16.2 Å². The summed E-state index contributed by atoms with van der Waals surface area (Å²) in [5.41, 5.74) is 0.604. The van der Waals surface area contributed by atoms with E-state index in [0.717, 1.165) is 12.8 Å². The van der Waals surface area contributed by atoms with Gasteiger partial charge in [0.05, 0.1) is 10.0 Å². The van der Waals surface area contributed by atoms with E-state index >= 15 is 0 Å². The van der Waals surface area contributed by atoms with E-state index in [1.54, 1.807) is 18.2 Å². The van der Waals surface area contributed by atoms with Crippen LogP contribution in [-0.2, 0) is 6.42 Å². The largest absolute Gasteiger partial charge is 0.477 e. The second kappa shape index (κ2) is 6.29. The highest BCUT2D eigenvalue weighted by Gasteiger charge is 2.25. The van der Waals surface area contributed by atoms with E-state index in [9.17, 15) is 9.90 Å². The Morgan fingerprint density at radius 3 is 2.55 bits per heavy atom. The molecular formula is C14H13Cl2NO3. The van der Waals surface area contributed by atoms with Crippen molar-refractivity contribution in [3.8, 4) is 11.3 Å². The molecule has 0 atom stereocenters. The lowest BCUT2D eigenvalue weighted by molar-refractivity contribution is 0.0695. The minimum Gasteiger partial charge on any atom is -0.477 e. The van der Waals surface area contributed by atoms with Crippen LogP contribution in [0.25, 0.3) is 11.3 Å². The van der Waals surface area contributed by atoms with Crippen LogP contribution in [0.4, 0.5) is 0 Å². The normalized spacial score (nSPS) is 10.8. The van der Waals surface area contributed by atoms with Crippen LogP contribution < -0.4 is 0 Å². The molecule has 4 nitrogen and oxygen atoms in total. The number of nitrogens with zero attached hydrogens (tertiary/aromatic N) is 1. The first kappa shape index (κ1) is 14.9. The summed E-state index contributed by atoms with van der Waals surface area (Å²) in [6.45, 7) is 2.02. The monoisotopic (exact) mass is 313 g/mol. The minimum atomic E-state index is -1.09. The van der Waals surface area contributed by atoms with Crippen molar-refractivity contribution < 1.29 is 14.4 Å². The lowest BCUT2D eigenvalue weighted by Crippen LogP contribution is -2.02. The van der Waals surface area contributed by atoms with Crippen LogP contribution >= 0.6 is 23.2 Å². The molecule has 0 bridgehead atoms. The molecule has 0 aliphatic carbocycles. The van der Waals surface area contributed by atoms with Crippen LogP contribution in [0.5, 0.6) is 0 Å². The third-order valence-electron chi connectivity index (χ3n) is 2.93. The van der Waals surface area contributed by atoms with Gasteiger partial charge in [-0.1, -0.05) is 47.8 Å². The standard InChI is InChI=1S/C14H13Cl2NO3/c1-2-3-7-10-12(14(18)19)13(17-20-10)11-8(15)5-4-6-9(11)16/h4-6H,2-3,7H2,1H3,(H,18,19). The number of rotatable bonds is 5. The molecular weight excluding hydrogens is 301 g/mol. The molecule has 1 N–H and O–H groups in total. The average Bonchev–Trinajstić information content (AvgIpc) is 2.80. The number of carboxylic acid groups (broad SMARTS) is 1. The number of halogens is 2. The van der Waals surface area contributed by atoms with E-state index in [4.69, 9.17) is 27.7 Å². The van der Waals surface area contributed by atoms with Crippen molar-refractivity contribution >= 4 is 29.2 Å². The first-order chi connectivity index (χ1) is 9.56. The Balaban J connectivity index is 2.57. The minimum absolute atomic E-state index is 0.0356. The fourth-order valence-electron chi connectivity index (χ4n) is 1.95. The van der Waals surface area contributed by atoms with Crippen molar-refractivity contribution in [2.75, 3.05) is 0 Å². The van der Waals surface area contributed by atoms with Gasteiger partial charge in [0, 0.05) is 12.0 Å². The Morgan fingerprint density at radius 2 is 2.00 bits per heavy atom. The van der Waals surface area contributed by atoms with Crippen molar-refractivity contribution in [2.45, 2.75) is 26.2 Å². The molecule has 0 radical (unpaired) electrons. The third-order valence-corrected chi connectivity index (χ3v) is 3.56. The number of hydrogen-bond donors (Lipinski definition) is 1. The second-order valence-electron chi connectivity index (χ2n) is 4.33. The summed E-state index contributed by atoms with van der Waals surface area (Å²) in [5.74, 6) is -0.742. The number of carboxylic acids is 1. The molecule has 0 saturated heterocycles. The van der Waals surface area contributed by atoms with Gasteiger partial charge in [-0.3, -0.25) is 0 Å². The first-order valence-corrected chi connectivity index (χ1v) is 6.98. The van der Waals surface area contributed by atoms with Gasteiger partial charge in [-0.2, -0.15) is 0 Å². The molecule has 0 unspecified atom stereocenters. The molecule has 20 heavy (non-hydrogen) atoms. The molecule has 106 valence electrons. The van der Waals surface area contributed by atoms with E-state index in [1.165, 1.54) is 0 Å². The number of benzene rings is 1. The Kier molecular flexibility index (Phi) is 4.68. The van der Waals surface area contributed by atoms with Gasteiger partial charge in [0.25, 0.3) is 0 Å². The van der Waals surface area contributed by atoms with Gasteiger partial charge >= 0.3 is 5.97 Å². The van der Waals surface area contributed by atoms with Gasteiger partial charge in [-0.15, -0.1) is 0 Å². The highest BCUT2D eigenvalue weighted by atomic mass is 35.5. The zero-order chi connectivity index (χ0) is 14.7. The van der Waals surface area contributed by atoms with Gasteiger partial charge in [-0.05, 0) is 18.6 Å². The Hall–Kier alpha value is -1.52. The summed E-state index contributed by atoms with van der Waals surface area (Å²) in [6, 6.07) is 4.95. The predicted octanol–water partition coefficient (Wildman–Crippen LogP) is 4.69. The van der Waals surface area contributed by atoms with E-state index < -0.39 is 5.97 Å². The van der Waals surface area contributed by atoms with Crippen molar-refractivity contribution in [3.05, 3.63) is 39.6 Å². The van der Waals surface area contributed by atoms with Crippen molar-refractivity contribution in [3.63, 3.8) is 0 Å². The number of unbranched alkanes of at least 4 members (excludes halogenated alkanes) is 1. The van der Waals surface area contributed by atoms with Gasteiger partial charge < -0.3 is 9.63 Å². The highest BCUT2D eigenvalue weighted by Crippen LogP contribution is 2.37. The van der Waals surface area contributed by atoms with E-state index in [1.807, 2.05) is 6.92 Å². The molecule has 0 spiro atoms. The molecule has 0 fully saturated rings. The SMILES string of the molecule is CCCCc1onc(-c2c(Cl)cccc2Cl)c1C(=O)O. The summed E-state index contributed by atoms with van der Waals surface area (Å²) < 4.78 is 5.18. The summed E-state index contributed by atoms with van der Waals surface area (Å²) in [4.78, 5) is 11.5. The van der Waals surface area contributed by atoms with E-state index in [0.29, 0.717) is 27.8 Å². The number of aromatic nitrogens is 1. The van der Waals surface area contributed by atoms with Crippen LogP contribution in [0.2, 0.25) is 10.0 Å². The number of aromatic carboxylic acids is 1. The summed E-state index contributed by atoms with van der Waals surface area (Å²) in [6.07, 6.45) is 2.28. The maximum atomic E-state index is 11.5. The second-order valence-corrected chi connectivity index (χ2v) is 5.15. The maximum Gasteiger partial charge on any atom is 0.341 e. The van der Waals surface area contributed by atoms with Gasteiger partial charge in [0.2, 0.25) is 0 Å². The zero-order valence-corrected chi connectivity index (χ0v) is 12.3. The average molecular weight is 314 g/mol. The predicted molar refractivity (Wildman–Crippen MR) is 77.5 cm³/mol. The quantitative estimate of drug-likeness (QED) is 0.869. The summed E-state index contributed by atoms with van der Waals surface area (Å²) in [5, 5.41) is 13.9. The molecule has 0 aliphatic heterocycles. The van der Waals surface area contributed by atoms with Gasteiger partial charge in [0.15, 0.2) is 5.76 Å². The Bertz CT molecular complexity index is 617. The summed E-state index contributed by atoms with van der Waals surface area (Å²) >= 11 is 12.2. The number of hydrogen-bond acceptors (Lipinski definition) is 3. The lowest BCUT2D eigenvalue weighted by atomic mass is 10.0. The van der Waals surface area contributed by atoms with E-state index in [-0.39, 0.29) is 11.3 Å².